The van der Waals surface area contributed by atoms with Crippen LogP contribution < -0.4 is 5.56 Å². The largest absolute Gasteiger partial charge is 0.416 e. The summed E-state index contributed by atoms with van der Waals surface area (Å²) in [6, 6.07) is 21.3. The predicted octanol–water partition coefficient (Wildman–Crippen LogP) is 5.78. The maximum absolute atomic E-state index is 14.5. The van der Waals surface area contributed by atoms with E-state index in [0.717, 1.165) is 23.3 Å². The first-order valence-corrected chi connectivity index (χ1v) is 11.9. The minimum absolute atomic E-state index is 0. The van der Waals surface area contributed by atoms with Crippen molar-refractivity contribution in [1.29, 1.82) is 0 Å². The summed E-state index contributed by atoms with van der Waals surface area (Å²) in [4.78, 5) is 20.4. The molecule has 198 valence electrons. The maximum atomic E-state index is 14.5. The molecule has 0 amide bonds. The zero-order valence-electron chi connectivity index (χ0n) is 20.2. The van der Waals surface area contributed by atoms with Gasteiger partial charge in [-0.2, -0.15) is 13.2 Å². The molecule has 0 radical (unpaired) electrons. The molecule has 5 rings (SSSR count). The molecule has 9 heteroatoms. The van der Waals surface area contributed by atoms with Crippen molar-refractivity contribution in [3.05, 3.63) is 141 Å². The van der Waals surface area contributed by atoms with Crippen LogP contribution in [-0.4, -0.2) is 21.0 Å². The number of alkyl halides is 3. The number of halogens is 4. The SMILES string of the molecule is [CH2-]c1nc2c(c(=O)n1C(c1ccccc1)c1ccccc1)CN(Cc1ccc(C(F)(F)F)cc1F)CC2.[Cm]. The van der Waals surface area contributed by atoms with E-state index < -0.39 is 23.6 Å². The fourth-order valence-corrected chi connectivity index (χ4v) is 4.85. The van der Waals surface area contributed by atoms with Gasteiger partial charge in [-0.25, -0.2) is 4.39 Å². The molecule has 38 heavy (non-hydrogen) atoms. The second kappa shape index (κ2) is 10.2. The molecule has 4 aromatic rings. The monoisotopic (exact) mass is 749 g/mol. The van der Waals surface area contributed by atoms with Gasteiger partial charge in [0, 0.05) is 31.6 Å². The van der Waals surface area contributed by atoms with Gasteiger partial charge in [-0.05, 0) is 29.1 Å². The van der Waals surface area contributed by atoms with Gasteiger partial charge in [-0.15, -0.1) is 0 Å². The third-order valence-electron chi connectivity index (χ3n) is 6.68. The van der Waals surface area contributed by atoms with Crippen molar-refractivity contribution < 1.29 is 17.6 Å². The van der Waals surface area contributed by atoms with Crippen LogP contribution in [0, 0.1) is 12.7 Å². The molecule has 0 fully saturated rings. The first kappa shape index (κ1) is 26.2. The van der Waals surface area contributed by atoms with Crippen LogP contribution in [0.4, 0.5) is 17.6 Å². The van der Waals surface area contributed by atoms with E-state index in [4.69, 9.17) is 0 Å². The van der Waals surface area contributed by atoms with E-state index in [9.17, 15) is 22.4 Å². The topological polar surface area (TPSA) is 38.1 Å². The number of hydrogen-bond acceptors (Lipinski definition) is 3. The van der Waals surface area contributed by atoms with Gasteiger partial charge < -0.3 is 11.5 Å². The Morgan fingerprint density at radius 1 is 0.947 bits per heavy atom. The number of aromatic nitrogens is 2. The van der Waals surface area contributed by atoms with Gasteiger partial charge in [-0.1, -0.05) is 66.7 Å². The van der Waals surface area contributed by atoms with Crippen molar-refractivity contribution in [2.75, 3.05) is 6.54 Å². The maximum Gasteiger partial charge on any atom is 0.416 e. The van der Waals surface area contributed by atoms with Crippen LogP contribution in [0.25, 0.3) is 0 Å². The van der Waals surface area contributed by atoms with Crippen molar-refractivity contribution in [3.8, 4) is 0 Å². The zero-order chi connectivity index (χ0) is 26.2. The minimum Gasteiger partial charge on any atom is -0.340 e. The fourth-order valence-electron chi connectivity index (χ4n) is 4.85. The Balaban J connectivity index is 0.00000336. The Hall–Kier alpha value is -4.91. The quantitative estimate of drug-likeness (QED) is 0.192. The summed E-state index contributed by atoms with van der Waals surface area (Å²) in [7, 11) is 0. The summed E-state index contributed by atoms with van der Waals surface area (Å²) in [5.74, 6) is -0.568. The number of benzene rings is 3. The fraction of sp³-hybridized carbons (Fsp3) is 0.207. The number of fused-ring (bicyclic) bond motifs is 1. The third-order valence-corrected chi connectivity index (χ3v) is 6.68. The van der Waals surface area contributed by atoms with Crippen molar-refractivity contribution in [2.45, 2.75) is 31.7 Å². The summed E-state index contributed by atoms with van der Waals surface area (Å²) in [6.07, 6.45) is -4.16. The van der Waals surface area contributed by atoms with E-state index in [1.165, 1.54) is 0 Å². The average Bonchev–Trinajstić information content (AvgIpc) is 2.88. The van der Waals surface area contributed by atoms with Gasteiger partial charge >= 0.3 is 6.18 Å². The van der Waals surface area contributed by atoms with Crippen molar-refractivity contribution >= 4 is 0 Å². The number of rotatable bonds is 5. The van der Waals surface area contributed by atoms with E-state index in [1.807, 2.05) is 65.6 Å². The van der Waals surface area contributed by atoms with Gasteiger partial charge in [0.25, 0.3) is 5.56 Å². The molecule has 1 aromatic heterocycles. The smallest absolute Gasteiger partial charge is 0.340 e. The molecule has 0 spiro atoms. The van der Waals surface area contributed by atoms with Crippen molar-refractivity contribution in [1.82, 2.24) is 14.5 Å². The molecule has 2 heterocycles. The molecular weight excluding hydrogens is 729 g/mol. The molecule has 4 nitrogen and oxygen atoms in total. The summed E-state index contributed by atoms with van der Waals surface area (Å²) in [5, 5.41) is 0. The van der Waals surface area contributed by atoms with Crippen LogP contribution in [0.2, 0.25) is 0 Å². The normalized spacial score (nSPS) is 13.7. The third kappa shape index (κ3) is 4.99. The van der Waals surface area contributed by atoms with Crippen molar-refractivity contribution in [2.24, 2.45) is 0 Å². The van der Waals surface area contributed by atoms with Gasteiger partial charge in [-0.3, -0.25) is 14.7 Å². The van der Waals surface area contributed by atoms with Crippen LogP contribution in [0.5, 0.6) is 0 Å². The molecule has 0 atom stereocenters. The van der Waals surface area contributed by atoms with Gasteiger partial charge in [0.2, 0.25) is 0 Å². The molecular formula is C29H24CmF4N3O-. The van der Waals surface area contributed by atoms with E-state index in [-0.39, 0.29) is 24.2 Å². The van der Waals surface area contributed by atoms with Gasteiger partial charge in [0.1, 0.15) is 5.82 Å². The second-order valence-corrected chi connectivity index (χ2v) is 9.12. The van der Waals surface area contributed by atoms with Crippen LogP contribution in [0.15, 0.2) is 83.7 Å². The molecule has 3 aromatic carbocycles. The van der Waals surface area contributed by atoms with Crippen LogP contribution in [0.1, 0.15) is 45.4 Å². The van der Waals surface area contributed by atoms with E-state index in [2.05, 4.69) is 11.9 Å². The molecule has 0 unspecified atom stereocenters. The number of hydrogen-bond donors (Lipinski definition) is 0. The molecule has 0 aliphatic carbocycles. The molecule has 0 N–H and O–H groups in total. The summed E-state index contributed by atoms with van der Waals surface area (Å²) in [5.41, 5.74) is 1.83. The average molecular weight is 754 g/mol. The Morgan fingerprint density at radius 2 is 1.55 bits per heavy atom. The van der Waals surface area contributed by atoms with E-state index >= 15 is 0 Å². The predicted molar refractivity (Wildman–Crippen MR) is 132 cm³/mol. The molecule has 0 saturated heterocycles. The molecule has 1 aliphatic heterocycles. The Morgan fingerprint density at radius 3 is 2.11 bits per heavy atom. The van der Waals surface area contributed by atoms with E-state index in [0.29, 0.717) is 36.1 Å². The standard InChI is InChI=1S/C29H24F4N3O.Cm/c1-19-34-26-14-15-35(17-22-12-13-23(16-25(22)30)29(31,32)33)18-24(26)28(37)36(19)27(20-8-4-2-5-9-20)21-10-6-3-7-11-21;/h2-13,16,27H,1,14-15,17-18H2;/q-1;. The Kier molecular flexibility index (Phi) is 7.04. The first-order chi connectivity index (χ1) is 17.7. The summed E-state index contributed by atoms with van der Waals surface area (Å²) < 4.78 is 54.9. The molecule has 1 aliphatic rings. The zero-order valence-corrected chi connectivity index (χ0v) is 23.2. The minimum atomic E-state index is -4.61. The van der Waals surface area contributed by atoms with Crippen LogP contribution in [-0.2, 0) is 25.7 Å². The summed E-state index contributed by atoms with van der Waals surface area (Å²) >= 11 is 0. The molecule has 0 bridgehead atoms. The Bertz CT molecular complexity index is 1430. The summed E-state index contributed by atoms with van der Waals surface area (Å²) in [6.45, 7) is 4.86. The second-order valence-electron chi connectivity index (χ2n) is 9.12. The van der Waals surface area contributed by atoms with Gasteiger partial charge in [0.15, 0.2) is 0 Å². The van der Waals surface area contributed by atoms with Crippen molar-refractivity contribution in [3.63, 3.8) is 0 Å². The van der Waals surface area contributed by atoms with Crippen LogP contribution in [0.3, 0.4) is 0 Å². The van der Waals surface area contributed by atoms with Gasteiger partial charge in [0.05, 0.1) is 22.9 Å². The number of nitrogens with zero attached hydrogens (tertiary/aromatic N) is 3. The molecule has 0 saturated carbocycles. The Labute approximate surface area is 211 Å². The van der Waals surface area contributed by atoms with Crippen LogP contribution >= 0.6 is 0 Å². The van der Waals surface area contributed by atoms with E-state index in [1.54, 1.807) is 4.57 Å². The first-order valence-electron chi connectivity index (χ1n) is 11.9.